The van der Waals surface area contributed by atoms with Gasteiger partial charge in [-0.05, 0) is 48.9 Å². The zero-order chi connectivity index (χ0) is 21.0. The van der Waals surface area contributed by atoms with E-state index in [1.54, 1.807) is 0 Å². The van der Waals surface area contributed by atoms with Crippen molar-refractivity contribution in [3.63, 3.8) is 0 Å². The monoisotopic (exact) mass is 431 g/mol. The SMILES string of the molecule is O=C(Nc1ccc(Sc2nc(NC3=NCCN3)nc(-c3ccccc3)n2)cc1)C1CC1. The number of amides is 1. The smallest absolute Gasteiger partial charge is 0.234 e. The van der Waals surface area contributed by atoms with E-state index in [-0.39, 0.29) is 11.8 Å². The molecular formula is C22H21N7OS. The maximum Gasteiger partial charge on any atom is 0.234 e. The van der Waals surface area contributed by atoms with Gasteiger partial charge in [-0.2, -0.15) is 9.97 Å². The van der Waals surface area contributed by atoms with Crippen molar-refractivity contribution in [2.24, 2.45) is 10.9 Å². The van der Waals surface area contributed by atoms with Gasteiger partial charge in [-0.3, -0.25) is 15.1 Å². The molecule has 0 saturated heterocycles. The van der Waals surface area contributed by atoms with Gasteiger partial charge in [0.25, 0.3) is 0 Å². The molecule has 3 aromatic rings. The number of aliphatic imine (C=N–C) groups is 1. The number of guanidine groups is 1. The summed E-state index contributed by atoms with van der Waals surface area (Å²) < 4.78 is 0. The molecule has 9 heteroatoms. The van der Waals surface area contributed by atoms with E-state index in [1.165, 1.54) is 11.8 Å². The van der Waals surface area contributed by atoms with Crippen molar-refractivity contribution in [3.05, 3.63) is 54.6 Å². The Labute approximate surface area is 184 Å². The quantitative estimate of drug-likeness (QED) is 0.549. The first kappa shape index (κ1) is 19.5. The van der Waals surface area contributed by atoms with Crippen molar-refractivity contribution in [1.82, 2.24) is 20.3 Å². The Hall–Kier alpha value is -3.46. The lowest BCUT2D eigenvalue weighted by atomic mass is 10.2. The molecule has 1 amide bonds. The first-order valence-electron chi connectivity index (χ1n) is 10.2. The third kappa shape index (κ3) is 5.00. The lowest BCUT2D eigenvalue weighted by Crippen LogP contribution is -2.27. The van der Waals surface area contributed by atoms with Crippen LogP contribution in [0.5, 0.6) is 0 Å². The second-order valence-electron chi connectivity index (χ2n) is 7.30. The van der Waals surface area contributed by atoms with Gasteiger partial charge in [-0.25, -0.2) is 4.98 Å². The summed E-state index contributed by atoms with van der Waals surface area (Å²) in [6.45, 7) is 1.52. The minimum absolute atomic E-state index is 0.101. The van der Waals surface area contributed by atoms with Gasteiger partial charge in [0.2, 0.25) is 11.9 Å². The Morgan fingerprint density at radius 3 is 2.52 bits per heavy atom. The van der Waals surface area contributed by atoms with Gasteiger partial charge in [0.1, 0.15) is 0 Å². The van der Waals surface area contributed by atoms with Crippen LogP contribution < -0.4 is 16.0 Å². The van der Waals surface area contributed by atoms with Gasteiger partial charge in [0.05, 0.1) is 6.54 Å². The molecule has 1 aliphatic heterocycles. The van der Waals surface area contributed by atoms with Gasteiger partial charge < -0.3 is 10.6 Å². The van der Waals surface area contributed by atoms with Gasteiger partial charge in [-0.1, -0.05) is 30.3 Å². The molecule has 1 aliphatic carbocycles. The standard InChI is InChI=1S/C22H21N7OS/c30-19(15-6-7-15)25-16-8-10-17(11-9-16)31-22-27-18(14-4-2-1-3-5-14)26-21(29-22)28-20-23-12-13-24-20/h1-5,8-11,15H,6-7,12-13H2,(H,25,30)(H2,23,24,26,27,28,29). The maximum absolute atomic E-state index is 11.9. The number of hydrogen-bond donors (Lipinski definition) is 3. The highest BCUT2D eigenvalue weighted by molar-refractivity contribution is 7.99. The molecule has 2 aliphatic rings. The Morgan fingerprint density at radius 2 is 1.81 bits per heavy atom. The second kappa shape index (κ2) is 8.73. The molecule has 2 heterocycles. The first-order chi connectivity index (χ1) is 15.2. The summed E-state index contributed by atoms with van der Waals surface area (Å²) >= 11 is 1.44. The fraction of sp³-hybridized carbons (Fsp3) is 0.227. The number of carbonyl (C=O) groups is 1. The molecule has 0 spiro atoms. The number of aromatic nitrogens is 3. The highest BCUT2D eigenvalue weighted by Gasteiger charge is 2.29. The van der Waals surface area contributed by atoms with Crippen molar-refractivity contribution >= 4 is 35.3 Å². The first-order valence-corrected chi connectivity index (χ1v) is 11.0. The summed E-state index contributed by atoms with van der Waals surface area (Å²) in [7, 11) is 0. The van der Waals surface area contributed by atoms with E-state index in [1.807, 2.05) is 54.6 Å². The third-order valence-electron chi connectivity index (χ3n) is 4.83. The average molecular weight is 432 g/mol. The molecule has 2 aromatic carbocycles. The maximum atomic E-state index is 11.9. The van der Waals surface area contributed by atoms with Crippen molar-refractivity contribution < 1.29 is 4.79 Å². The van der Waals surface area contributed by atoms with Crippen LogP contribution in [0.15, 0.2) is 69.6 Å². The second-order valence-corrected chi connectivity index (χ2v) is 8.34. The van der Waals surface area contributed by atoms with Crippen LogP contribution in [0.3, 0.4) is 0 Å². The molecule has 0 atom stereocenters. The van der Waals surface area contributed by atoms with E-state index in [0.717, 1.165) is 42.1 Å². The highest BCUT2D eigenvalue weighted by atomic mass is 32.2. The minimum Gasteiger partial charge on any atom is -0.354 e. The van der Waals surface area contributed by atoms with E-state index in [2.05, 4.69) is 35.9 Å². The van der Waals surface area contributed by atoms with Crippen molar-refractivity contribution in [1.29, 1.82) is 0 Å². The van der Waals surface area contributed by atoms with Crippen molar-refractivity contribution in [3.8, 4) is 11.4 Å². The van der Waals surface area contributed by atoms with Crippen LogP contribution in [0.2, 0.25) is 0 Å². The van der Waals surface area contributed by atoms with Crippen LogP contribution in [0, 0.1) is 5.92 Å². The largest absolute Gasteiger partial charge is 0.354 e. The molecule has 0 radical (unpaired) electrons. The van der Waals surface area contributed by atoms with Crippen LogP contribution >= 0.6 is 11.8 Å². The van der Waals surface area contributed by atoms with Crippen molar-refractivity contribution in [2.75, 3.05) is 23.7 Å². The third-order valence-corrected chi connectivity index (χ3v) is 5.70. The summed E-state index contributed by atoms with van der Waals surface area (Å²) in [6, 6.07) is 17.5. The molecule has 0 unspecified atom stereocenters. The summed E-state index contributed by atoms with van der Waals surface area (Å²) in [5.41, 5.74) is 1.71. The lowest BCUT2D eigenvalue weighted by molar-refractivity contribution is -0.117. The minimum atomic E-state index is 0.101. The van der Waals surface area contributed by atoms with Gasteiger partial charge in [0.15, 0.2) is 16.9 Å². The summed E-state index contributed by atoms with van der Waals surface area (Å²) in [5.74, 6) is 1.98. The number of hydrogen-bond acceptors (Lipinski definition) is 8. The Morgan fingerprint density at radius 1 is 1.00 bits per heavy atom. The predicted molar refractivity (Wildman–Crippen MR) is 121 cm³/mol. The predicted octanol–water partition coefficient (Wildman–Crippen LogP) is 3.41. The Balaban J connectivity index is 1.37. The van der Waals surface area contributed by atoms with E-state index < -0.39 is 0 Å². The molecular weight excluding hydrogens is 410 g/mol. The van der Waals surface area contributed by atoms with Crippen LogP contribution in [-0.2, 0) is 4.79 Å². The zero-order valence-corrected chi connectivity index (χ0v) is 17.5. The van der Waals surface area contributed by atoms with Gasteiger partial charge in [0, 0.05) is 28.6 Å². The van der Waals surface area contributed by atoms with Gasteiger partial charge >= 0.3 is 0 Å². The normalized spacial score (nSPS) is 15.2. The number of anilines is 2. The fourth-order valence-corrected chi connectivity index (χ4v) is 3.81. The molecule has 8 nitrogen and oxygen atoms in total. The summed E-state index contributed by atoms with van der Waals surface area (Å²) in [6.07, 6.45) is 1.97. The zero-order valence-electron chi connectivity index (χ0n) is 16.7. The Bertz CT molecular complexity index is 1110. The molecule has 31 heavy (non-hydrogen) atoms. The molecule has 3 N–H and O–H groups in total. The summed E-state index contributed by atoms with van der Waals surface area (Å²) in [4.78, 5) is 31.0. The molecule has 5 rings (SSSR count). The number of carbonyl (C=O) groups excluding carboxylic acids is 1. The number of nitrogens with zero attached hydrogens (tertiary/aromatic N) is 4. The fourth-order valence-electron chi connectivity index (χ4n) is 3.06. The van der Waals surface area contributed by atoms with E-state index >= 15 is 0 Å². The molecule has 1 aromatic heterocycles. The lowest BCUT2D eigenvalue weighted by Gasteiger charge is -2.09. The van der Waals surface area contributed by atoms with E-state index in [0.29, 0.717) is 22.9 Å². The molecule has 156 valence electrons. The molecule has 1 saturated carbocycles. The Kier molecular flexibility index (Phi) is 5.49. The van der Waals surface area contributed by atoms with E-state index in [9.17, 15) is 4.79 Å². The van der Waals surface area contributed by atoms with E-state index in [4.69, 9.17) is 0 Å². The topological polar surface area (TPSA) is 104 Å². The summed E-state index contributed by atoms with van der Waals surface area (Å²) in [5, 5.41) is 9.83. The van der Waals surface area contributed by atoms with Crippen LogP contribution in [-0.4, -0.2) is 39.9 Å². The molecule has 1 fully saturated rings. The highest BCUT2D eigenvalue weighted by Crippen LogP contribution is 2.31. The number of rotatable bonds is 6. The van der Waals surface area contributed by atoms with Crippen LogP contribution in [0.1, 0.15) is 12.8 Å². The van der Waals surface area contributed by atoms with Crippen molar-refractivity contribution in [2.45, 2.75) is 22.9 Å². The average Bonchev–Trinajstić information content (AvgIpc) is 3.53. The van der Waals surface area contributed by atoms with Gasteiger partial charge in [-0.15, -0.1) is 0 Å². The van der Waals surface area contributed by atoms with Crippen LogP contribution in [0.4, 0.5) is 11.6 Å². The number of benzene rings is 2. The molecule has 0 bridgehead atoms. The van der Waals surface area contributed by atoms with Crippen LogP contribution in [0.25, 0.3) is 11.4 Å². The number of nitrogens with one attached hydrogen (secondary N) is 3.